The second-order valence-electron chi connectivity index (χ2n) is 4.00. The van der Waals surface area contributed by atoms with Crippen molar-refractivity contribution in [2.24, 2.45) is 11.7 Å². The molecular weight excluding hydrogens is 186 g/mol. The Balaban J connectivity index is 2.91. The summed E-state index contributed by atoms with van der Waals surface area (Å²) in [5.74, 6) is 1.97. The smallest absolute Gasteiger partial charge is 0.119 e. The van der Waals surface area contributed by atoms with Crippen molar-refractivity contribution in [3.05, 3.63) is 29.8 Å². The van der Waals surface area contributed by atoms with Crippen LogP contribution >= 0.6 is 0 Å². The van der Waals surface area contributed by atoms with Crippen molar-refractivity contribution in [2.75, 3.05) is 13.7 Å². The minimum Gasteiger partial charge on any atom is -0.497 e. The van der Waals surface area contributed by atoms with Gasteiger partial charge >= 0.3 is 0 Å². The van der Waals surface area contributed by atoms with Gasteiger partial charge in [0, 0.05) is 0 Å². The highest BCUT2D eigenvalue weighted by Gasteiger charge is 2.16. The molecule has 0 spiro atoms. The molecule has 2 atom stereocenters. The Morgan fingerprint density at radius 2 is 2.13 bits per heavy atom. The fourth-order valence-electron chi connectivity index (χ4n) is 2.00. The van der Waals surface area contributed by atoms with Crippen molar-refractivity contribution in [3.63, 3.8) is 0 Å². The van der Waals surface area contributed by atoms with Crippen LogP contribution in [0.3, 0.4) is 0 Å². The molecule has 84 valence electrons. The van der Waals surface area contributed by atoms with Crippen LogP contribution in [-0.2, 0) is 0 Å². The zero-order valence-electron chi connectivity index (χ0n) is 9.86. The van der Waals surface area contributed by atoms with Gasteiger partial charge in [-0.1, -0.05) is 26.0 Å². The van der Waals surface area contributed by atoms with Crippen LogP contribution in [0, 0.1) is 5.92 Å². The first-order valence-corrected chi connectivity index (χ1v) is 5.56. The summed E-state index contributed by atoms with van der Waals surface area (Å²) in [7, 11) is 1.70. The van der Waals surface area contributed by atoms with Gasteiger partial charge in [0.05, 0.1) is 7.11 Å². The molecule has 0 fully saturated rings. The molecule has 0 aliphatic rings. The van der Waals surface area contributed by atoms with E-state index in [4.69, 9.17) is 10.5 Å². The van der Waals surface area contributed by atoms with Crippen LogP contribution in [0.1, 0.15) is 31.7 Å². The van der Waals surface area contributed by atoms with Crippen LogP contribution in [-0.4, -0.2) is 13.7 Å². The molecule has 1 aromatic rings. The van der Waals surface area contributed by atoms with Gasteiger partial charge in [0.2, 0.25) is 0 Å². The first-order chi connectivity index (χ1) is 7.22. The number of ether oxygens (including phenoxy) is 1. The van der Waals surface area contributed by atoms with E-state index in [1.807, 2.05) is 12.1 Å². The van der Waals surface area contributed by atoms with Gasteiger partial charge in [0.1, 0.15) is 5.75 Å². The zero-order valence-corrected chi connectivity index (χ0v) is 9.86. The largest absolute Gasteiger partial charge is 0.497 e. The van der Waals surface area contributed by atoms with E-state index in [0.717, 1.165) is 18.7 Å². The van der Waals surface area contributed by atoms with Crippen LogP contribution in [0.4, 0.5) is 0 Å². The van der Waals surface area contributed by atoms with Crippen LogP contribution in [0.25, 0.3) is 0 Å². The van der Waals surface area contributed by atoms with Crippen LogP contribution in [0.2, 0.25) is 0 Å². The van der Waals surface area contributed by atoms with Gasteiger partial charge in [-0.2, -0.15) is 0 Å². The highest BCUT2D eigenvalue weighted by Crippen LogP contribution is 2.29. The Labute approximate surface area is 92.4 Å². The molecule has 0 heterocycles. The fraction of sp³-hybridized carbons (Fsp3) is 0.538. The summed E-state index contributed by atoms with van der Waals surface area (Å²) in [6.07, 6.45) is 1.12. The van der Waals surface area contributed by atoms with Gasteiger partial charge < -0.3 is 10.5 Å². The number of benzene rings is 1. The molecule has 2 nitrogen and oxygen atoms in total. The Morgan fingerprint density at radius 1 is 1.40 bits per heavy atom. The van der Waals surface area contributed by atoms with E-state index < -0.39 is 0 Å². The molecule has 0 aromatic heterocycles. The molecule has 2 N–H and O–H groups in total. The molecule has 0 saturated heterocycles. The van der Waals surface area contributed by atoms with Crippen LogP contribution < -0.4 is 10.5 Å². The standard InChI is InChI=1S/C13H21NO/c1-4-13(10(2)9-14)11-6-5-7-12(8-11)15-3/h5-8,10,13H,4,9,14H2,1-3H3/t10-,13+/m0/s1. The Morgan fingerprint density at radius 3 is 2.67 bits per heavy atom. The van der Waals surface area contributed by atoms with Crippen molar-refractivity contribution in [3.8, 4) is 5.75 Å². The Bertz CT molecular complexity index is 298. The summed E-state index contributed by atoms with van der Waals surface area (Å²) < 4.78 is 5.23. The zero-order chi connectivity index (χ0) is 11.3. The maximum atomic E-state index is 5.73. The van der Waals surface area contributed by atoms with Crippen molar-refractivity contribution in [1.82, 2.24) is 0 Å². The fourth-order valence-corrected chi connectivity index (χ4v) is 2.00. The Hall–Kier alpha value is -1.02. The minimum absolute atomic E-state index is 0.516. The lowest BCUT2D eigenvalue weighted by molar-refractivity contribution is 0.410. The Kier molecular flexibility index (Phi) is 4.63. The molecule has 15 heavy (non-hydrogen) atoms. The summed E-state index contributed by atoms with van der Waals surface area (Å²) in [5.41, 5.74) is 7.05. The van der Waals surface area contributed by atoms with Gasteiger partial charge in [-0.05, 0) is 42.5 Å². The maximum Gasteiger partial charge on any atom is 0.119 e. The molecule has 0 unspecified atom stereocenters. The summed E-state index contributed by atoms with van der Waals surface area (Å²) in [6, 6.07) is 8.28. The average Bonchev–Trinajstić information content (AvgIpc) is 2.30. The molecule has 0 radical (unpaired) electrons. The third-order valence-corrected chi connectivity index (χ3v) is 3.02. The van der Waals surface area contributed by atoms with Crippen molar-refractivity contribution in [2.45, 2.75) is 26.2 Å². The number of hydrogen-bond acceptors (Lipinski definition) is 2. The minimum atomic E-state index is 0.516. The highest BCUT2D eigenvalue weighted by molar-refractivity contribution is 5.31. The van der Waals surface area contributed by atoms with E-state index in [1.165, 1.54) is 5.56 Å². The average molecular weight is 207 g/mol. The predicted octanol–water partition coefficient (Wildman–Crippen LogP) is 2.78. The third kappa shape index (κ3) is 2.96. The molecule has 1 aromatic carbocycles. The van der Waals surface area contributed by atoms with Crippen LogP contribution in [0.5, 0.6) is 5.75 Å². The summed E-state index contributed by atoms with van der Waals surface area (Å²) in [6.45, 7) is 5.14. The third-order valence-electron chi connectivity index (χ3n) is 3.02. The first-order valence-electron chi connectivity index (χ1n) is 5.56. The van der Waals surface area contributed by atoms with E-state index in [9.17, 15) is 0 Å². The SMILES string of the molecule is CC[C@@H](c1cccc(OC)c1)[C@@H](C)CN. The summed E-state index contributed by atoms with van der Waals surface area (Å²) in [5, 5.41) is 0. The second kappa shape index (κ2) is 5.76. The molecular formula is C13H21NO. The number of nitrogens with two attached hydrogens (primary N) is 1. The molecule has 2 heteroatoms. The lowest BCUT2D eigenvalue weighted by Crippen LogP contribution is -2.18. The lowest BCUT2D eigenvalue weighted by atomic mass is 9.85. The second-order valence-corrected chi connectivity index (χ2v) is 4.00. The maximum absolute atomic E-state index is 5.73. The number of rotatable bonds is 5. The lowest BCUT2D eigenvalue weighted by Gasteiger charge is -2.22. The van der Waals surface area contributed by atoms with E-state index in [1.54, 1.807) is 7.11 Å². The van der Waals surface area contributed by atoms with Gasteiger partial charge in [0.25, 0.3) is 0 Å². The molecule has 0 bridgehead atoms. The van der Waals surface area contributed by atoms with Crippen molar-refractivity contribution < 1.29 is 4.74 Å². The highest BCUT2D eigenvalue weighted by atomic mass is 16.5. The van der Waals surface area contributed by atoms with Crippen LogP contribution in [0.15, 0.2) is 24.3 Å². The first kappa shape index (κ1) is 12.1. The van der Waals surface area contributed by atoms with Gasteiger partial charge in [-0.15, -0.1) is 0 Å². The van der Waals surface area contributed by atoms with E-state index >= 15 is 0 Å². The van der Waals surface area contributed by atoms with Gasteiger partial charge in [-0.3, -0.25) is 0 Å². The van der Waals surface area contributed by atoms with E-state index in [2.05, 4.69) is 26.0 Å². The molecule has 0 aliphatic carbocycles. The molecule has 0 amide bonds. The van der Waals surface area contributed by atoms with E-state index in [0.29, 0.717) is 11.8 Å². The summed E-state index contributed by atoms with van der Waals surface area (Å²) in [4.78, 5) is 0. The van der Waals surface area contributed by atoms with Gasteiger partial charge in [0.15, 0.2) is 0 Å². The molecule has 1 rings (SSSR count). The molecule has 0 saturated carbocycles. The normalized spacial score (nSPS) is 14.7. The van der Waals surface area contributed by atoms with E-state index in [-0.39, 0.29) is 0 Å². The van der Waals surface area contributed by atoms with Gasteiger partial charge in [-0.25, -0.2) is 0 Å². The monoisotopic (exact) mass is 207 g/mol. The van der Waals surface area contributed by atoms with Crippen molar-refractivity contribution >= 4 is 0 Å². The molecule has 0 aliphatic heterocycles. The predicted molar refractivity (Wildman–Crippen MR) is 64.2 cm³/mol. The number of methoxy groups -OCH3 is 1. The summed E-state index contributed by atoms with van der Waals surface area (Å²) >= 11 is 0. The quantitative estimate of drug-likeness (QED) is 0.805. The topological polar surface area (TPSA) is 35.2 Å². The van der Waals surface area contributed by atoms with Crippen molar-refractivity contribution in [1.29, 1.82) is 0 Å². The number of hydrogen-bond donors (Lipinski definition) is 1.